The van der Waals surface area contributed by atoms with E-state index in [1.807, 2.05) is 19.1 Å². The second-order valence-electron chi connectivity index (χ2n) is 4.54. The van der Waals surface area contributed by atoms with Gasteiger partial charge in [-0.15, -0.1) is 0 Å². The molecule has 1 aromatic rings. The predicted molar refractivity (Wildman–Crippen MR) is 70.6 cm³/mol. The Morgan fingerprint density at radius 2 is 2.28 bits per heavy atom. The van der Waals surface area contributed by atoms with Gasteiger partial charge < -0.3 is 15.8 Å². The molecule has 1 aliphatic carbocycles. The van der Waals surface area contributed by atoms with E-state index in [4.69, 9.17) is 22.1 Å². The van der Waals surface area contributed by atoms with E-state index in [1.165, 1.54) is 0 Å². The molecule has 0 radical (unpaired) electrons. The lowest BCUT2D eigenvalue weighted by Crippen LogP contribution is -2.42. The Kier molecular flexibility index (Phi) is 3.78. The fourth-order valence-electron chi connectivity index (χ4n) is 1.65. The normalized spacial score (nSPS) is 16.2. The van der Waals surface area contributed by atoms with Gasteiger partial charge in [0.25, 0.3) is 0 Å². The van der Waals surface area contributed by atoms with Gasteiger partial charge in [-0.25, -0.2) is 0 Å². The van der Waals surface area contributed by atoms with Crippen molar-refractivity contribution in [2.24, 2.45) is 5.73 Å². The number of carbonyl (C=O) groups is 1. The van der Waals surface area contributed by atoms with Crippen LogP contribution in [0.2, 0.25) is 5.02 Å². The molecule has 98 valence electrons. The van der Waals surface area contributed by atoms with Crippen molar-refractivity contribution in [3.8, 4) is 5.75 Å². The summed E-state index contributed by atoms with van der Waals surface area (Å²) in [5, 5.41) is 3.37. The number of benzene rings is 1. The second-order valence-corrected chi connectivity index (χ2v) is 4.94. The lowest BCUT2D eigenvalue weighted by atomic mass is 10.2. The molecule has 2 rings (SSSR count). The SMILES string of the molecule is CCOc1ccc(CNC(=O)C2(N)CC2)cc1Cl. The smallest absolute Gasteiger partial charge is 0.240 e. The third-order valence-corrected chi connectivity index (χ3v) is 3.29. The lowest BCUT2D eigenvalue weighted by molar-refractivity contribution is -0.123. The van der Waals surface area contributed by atoms with Crippen LogP contribution in [0.3, 0.4) is 0 Å². The Morgan fingerprint density at radius 1 is 1.56 bits per heavy atom. The highest BCUT2D eigenvalue weighted by atomic mass is 35.5. The molecular formula is C13H17ClN2O2. The van der Waals surface area contributed by atoms with E-state index in [2.05, 4.69) is 5.32 Å². The van der Waals surface area contributed by atoms with Crippen molar-refractivity contribution >= 4 is 17.5 Å². The third-order valence-electron chi connectivity index (χ3n) is 2.99. The zero-order chi connectivity index (χ0) is 13.2. The summed E-state index contributed by atoms with van der Waals surface area (Å²) in [6.45, 7) is 2.91. The summed E-state index contributed by atoms with van der Waals surface area (Å²) in [5.41, 5.74) is 6.09. The molecule has 5 heteroatoms. The van der Waals surface area contributed by atoms with Gasteiger partial charge in [-0.1, -0.05) is 17.7 Å². The van der Waals surface area contributed by atoms with Crippen molar-refractivity contribution in [2.75, 3.05) is 6.61 Å². The zero-order valence-electron chi connectivity index (χ0n) is 10.3. The summed E-state index contributed by atoms with van der Waals surface area (Å²) in [4.78, 5) is 11.7. The minimum atomic E-state index is -0.630. The fraction of sp³-hybridized carbons (Fsp3) is 0.462. The van der Waals surface area contributed by atoms with Gasteiger partial charge in [0.15, 0.2) is 0 Å². The summed E-state index contributed by atoms with van der Waals surface area (Å²) in [7, 11) is 0. The van der Waals surface area contributed by atoms with Crippen molar-refractivity contribution < 1.29 is 9.53 Å². The average Bonchev–Trinajstić information content (AvgIpc) is 3.09. The van der Waals surface area contributed by atoms with Crippen LogP contribution < -0.4 is 15.8 Å². The molecule has 0 bridgehead atoms. The third kappa shape index (κ3) is 2.94. The number of nitrogens with one attached hydrogen (secondary N) is 1. The van der Waals surface area contributed by atoms with E-state index in [0.29, 0.717) is 23.9 Å². The maximum Gasteiger partial charge on any atom is 0.240 e. The quantitative estimate of drug-likeness (QED) is 0.857. The van der Waals surface area contributed by atoms with Crippen molar-refractivity contribution in [2.45, 2.75) is 31.8 Å². The van der Waals surface area contributed by atoms with Crippen LogP contribution in [-0.4, -0.2) is 18.1 Å². The van der Waals surface area contributed by atoms with Gasteiger partial charge in [-0.05, 0) is 37.5 Å². The Morgan fingerprint density at radius 3 is 2.83 bits per heavy atom. The van der Waals surface area contributed by atoms with Gasteiger partial charge in [0, 0.05) is 6.54 Å². The van der Waals surface area contributed by atoms with Crippen LogP contribution in [0.15, 0.2) is 18.2 Å². The van der Waals surface area contributed by atoms with E-state index in [-0.39, 0.29) is 5.91 Å². The highest BCUT2D eigenvalue weighted by Gasteiger charge is 2.45. The van der Waals surface area contributed by atoms with Crippen molar-refractivity contribution in [3.05, 3.63) is 28.8 Å². The Labute approximate surface area is 111 Å². The minimum Gasteiger partial charge on any atom is -0.492 e. The molecule has 0 aromatic heterocycles. The van der Waals surface area contributed by atoms with Gasteiger partial charge >= 0.3 is 0 Å². The number of nitrogens with two attached hydrogens (primary N) is 1. The number of rotatable bonds is 5. The first-order valence-electron chi connectivity index (χ1n) is 6.03. The molecule has 1 saturated carbocycles. The Balaban J connectivity index is 1.93. The fourth-order valence-corrected chi connectivity index (χ4v) is 1.90. The van der Waals surface area contributed by atoms with E-state index >= 15 is 0 Å². The molecule has 1 aliphatic rings. The summed E-state index contributed by atoms with van der Waals surface area (Å²) in [6, 6.07) is 5.48. The first kappa shape index (κ1) is 13.2. The Bertz CT molecular complexity index is 458. The number of halogens is 1. The standard InChI is InChI=1S/C13H17ClN2O2/c1-2-18-11-4-3-9(7-10(11)14)8-16-12(17)13(15)5-6-13/h3-4,7H,2,5-6,8,15H2,1H3,(H,16,17). The maximum absolute atomic E-state index is 11.7. The number of ether oxygens (including phenoxy) is 1. The van der Waals surface area contributed by atoms with Crippen LogP contribution in [-0.2, 0) is 11.3 Å². The zero-order valence-corrected chi connectivity index (χ0v) is 11.1. The molecule has 1 fully saturated rings. The average molecular weight is 269 g/mol. The molecule has 0 atom stereocenters. The number of amides is 1. The monoisotopic (exact) mass is 268 g/mol. The topological polar surface area (TPSA) is 64.3 Å². The van der Waals surface area contributed by atoms with Crippen LogP contribution >= 0.6 is 11.6 Å². The van der Waals surface area contributed by atoms with E-state index < -0.39 is 5.54 Å². The van der Waals surface area contributed by atoms with Gasteiger partial charge in [-0.2, -0.15) is 0 Å². The largest absolute Gasteiger partial charge is 0.492 e. The highest BCUT2D eigenvalue weighted by Crippen LogP contribution is 2.32. The van der Waals surface area contributed by atoms with Crippen LogP contribution in [0.5, 0.6) is 5.75 Å². The summed E-state index contributed by atoms with van der Waals surface area (Å²) >= 11 is 6.06. The maximum atomic E-state index is 11.7. The van der Waals surface area contributed by atoms with E-state index in [0.717, 1.165) is 18.4 Å². The Hall–Kier alpha value is -1.26. The van der Waals surface area contributed by atoms with Gasteiger partial charge in [0.2, 0.25) is 5.91 Å². The van der Waals surface area contributed by atoms with Crippen molar-refractivity contribution in [1.82, 2.24) is 5.32 Å². The number of hydrogen-bond donors (Lipinski definition) is 2. The van der Waals surface area contributed by atoms with Crippen molar-refractivity contribution in [1.29, 1.82) is 0 Å². The van der Waals surface area contributed by atoms with Gasteiger partial charge in [-0.3, -0.25) is 4.79 Å². The molecule has 1 amide bonds. The lowest BCUT2D eigenvalue weighted by Gasteiger charge is -2.11. The molecule has 0 heterocycles. The second kappa shape index (κ2) is 5.16. The van der Waals surface area contributed by atoms with E-state index in [1.54, 1.807) is 6.07 Å². The molecule has 3 N–H and O–H groups in total. The number of hydrogen-bond acceptors (Lipinski definition) is 3. The van der Waals surface area contributed by atoms with Gasteiger partial charge in [0.05, 0.1) is 17.2 Å². The molecular weight excluding hydrogens is 252 g/mol. The van der Waals surface area contributed by atoms with Crippen LogP contribution in [0.4, 0.5) is 0 Å². The van der Waals surface area contributed by atoms with E-state index in [9.17, 15) is 4.79 Å². The summed E-state index contributed by atoms with van der Waals surface area (Å²) in [5.74, 6) is 0.569. The van der Waals surface area contributed by atoms with Crippen LogP contribution in [0.1, 0.15) is 25.3 Å². The first-order valence-corrected chi connectivity index (χ1v) is 6.41. The first-order chi connectivity index (χ1) is 8.55. The molecule has 4 nitrogen and oxygen atoms in total. The highest BCUT2D eigenvalue weighted by molar-refractivity contribution is 6.32. The van der Waals surface area contributed by atoms with Crippen LogP contribution in [0.25, 0.3) is 0 Å². The van der Waals surface area contributed by atoms with Crippen molar-refractivity contribution in [3.63, 3.8) is 0 Å². The molecule has 0 spiro atoms. The number of carbonyl (C=O) groups excluding carboxylic acids is 1. The molecule has 0 saturated heterocycles. The molecule has 18 heavy (non-hydrogen) atoms. The molecule has 0 aliphatic heterocycles. The molecule has 0 unspecified atom stereocenters. The summed E-state index contributed by atoms with van der Waals surface area (Å²) in [6.07, 6.45) is 1.53. The van der Waals surface area contributed by atoms with Gasteiger partial charge in [0.1, 0.15) is 5.75 Å². The summed E-state index contributed by atoms with van der Waals surface area (Å²) < 4.78 is 5.34. The van der Waals surface area contributed by atoms with Crippen LogP contribution in [0, 0.1) is 0 Å². The minimum absolute atomic E-state index is 0.0903. The molecule has 1 aromatic carbocycles. The predicted octanol–water partition coefficient (Wildman–Crippen LogP) is 1.85.